The Hall–Kier alpha value is -1.47. The third-order valence-electron chi connectivity index (χ3n) is 2.83. The van der Waals surface area contributed by atoms with Crippen molar-refractivity contribution in [3.63, 3.8) is 0 Å². The lowest BCUT2D eigenvalue weighted by Crippen LogP contribution is -2.25. The molecule has 0 radical (unpaired) electrons. The number of aliphatic hydroxyl groups is 1. The SMILES string of the molecule is O=C(NCCCOCCO)c1csc(-c2ccccc2Cl)n1. The van der Waals surface area contributed by atoms with E-state index < -0.39 is 0 Å². The van der Waals surface area contributed by atoms with Gasteiger partial charge in [-0.2, -0.15) is 0 Å². The van der Waals surface area contributed by atoms with Gasteiger partial charge in [0.1, 0.15) is 10.7 Å². The molecule has 22 heavy (non-hydrogen) atoms. The molecular weight excluding hydrogens is 324 g/mol. The molecule has 0 aliphatic heterocycles. The summed E-state index contributed by atoms with van der Waals surface area (Å²) >= 11 is 7.51. The number of halogens is 1. The van der Waals surface area contributed by atoms with Crippen LogP contribution in [0.5, 0.6) is 0 Å². The summed E-state index contributed by atoms with van der Waals surface area (Å²) in [4.78, 5) is 16.3. The Bertz CT molecular complexity index is 618. The normalized spacial score (nSPS) is 10.6. The smallest absolute Gasteiger partial charge is 0.270 e. The Labute approximate surface area is 137 Å². The lowest BCUT2D eigenvalue weighted by atomic mass is 10.2. The molecule has 0 aliphatic carbocycles. The quantitative estimate of drug-likeness (QED) is 0.725. The maximum atomic E-state index is 12.0. The molecule has 118 valence electrons. The molecule has 0 atom stereocenters. The number of hydrogen-bond donors (Lipinski definition) is 2. The highest BCUT2D eigenvalue weighted by molar-refractivity contribution is 7.13. The van der Waals surface area contributed by atoms with Gasteiger partial charge in [0.25, 0.3) is 5.91 Å². The highest BCUT2D eigenvalue weighted by Gasteiger charge is 2.12. The van der Waals surface area contributed by atoms with Crippen LogP contribution in [0.25, 0.3) is 10.6 Å². The van der Waals surface area contributed by atoms with Gasteiger partial charge in [0.15, 0.2) is 0 Å². The molecule has 1 aromatic heterocycles. The van der Waals surface area contributed by atoms with Gasteiger partial charge in [-0.05, 0) is 12.5 Å². The van der Waals surface area contributed by atoms with Crippen molar-refractivity contribution < 1.29 is 14.6 Å². The summed E-state index contributed by atoms with van der Waals surface area (Å²) in [5.74, 6) is -0.211. The van der Waals surface area contributed by atoms with Crippen molar-refractivity contribution in [3.05, 3.63) is 40.4 Å². The van der Waals surface area contributed by atoms with Crippen LogP contribution in [0.15, 0.2) is 29.6 Å². The van der Waals surface area contributed by atoms with E-state index in [1.54, 1.807) is 11.4 Å². The second-order valence-corrected chi connectivity index (χ2v) is 5.73. The lowest BCUT2D eigenvalue weighted by Gasteiger charge is -2.04. The monoisotopic (exact) mass is 340 g/mol. The second-order valence-electron chi connectivity index (χ2n) is 4.46. The molecule has 0 aliphatic rings. The average Bonchev–Trinajstić information content (AvgIpc) is 3.01. The molecule has 1 amide bonds. The van der Waals surface area contributed by atoms with E-state index in [1.807, 2.05) is 18.2 Å². The van der Waals surface area contributed by atoms with Crippen LogP contribution in [-0.2, 0) is 4.74 Å². The minimum Gasteiger partial charge on any atom is -0.394 e. The first-order valence-corrected chi connectivity index (χ1v) is 8.15. The lowest BCUT2D eigenvalue weighted by molar-refractivity contribution is 0.0866. The molecule has 7 heteroatoms. The third-order valence-corrected chi connectivity index (χ3v) is 4.03. The summed E-state index contributed by atoms with van der Waals surface area (Å²) < 4.78 is 5.12. The molecule has 0 saturated carbocycles. The largest absolute Gasteiger partial charge is 0.394 e. The number of ether oxygens (including phenoxy) is 1. The van der Waals surface area contributed by atoms with Crippen molar-refractivity contribution in [1.29, 1.82) is 0 Å². The zero-order valence-electron chi connectivity index (χ0n) is 11.9. The van der Waals surface area contributed by atoms with Crippen molar-refractivity contribution in [3.8, 4) is 10.6 Å². The van der Waals surface area contributed by atoms with Gasteiger partial charge < -0.3 is 15.2 Å². The summed E-state index contributed by atoms with van der Waals surface area (Å²) in [5.41, 5.74) is 1.21. The number of aromatic nitrogens is 1. The minimum atomic E-state index is -0.211. The van der Waals surface area contributed by atoms with E-state index in [9.17, 15) is 4.79 Å². The van der Waals surface area contributed by atoms with Gasteiger partial charge in [0, 0.05) is 24.1 Å². The topological polar surface area (TPSA) is 71.5 Å². The summed E-state index contributed by atoms with van der Waals surface area (Å²) in [6.07, 6.45) is 0.688. The fourth-order valence-corrected chi connectivity index (χ4v) is 2.89. The fraction of sp³-hybridized carbons (Fsp3) is 0.333. The Morgan fingerprint density at radius 2 is 2.18 bits per heavy atom. The molecule has 2 aromatic rings. The first-order valence-electron chi connectivity index (χ1n) is 6.89. The second kappa shape index (κ2) is 8.85. The zero-order valence-corrected chi connectivity index (χ0v) is 13.5. The number of rotatable bonds is 8. The van der Waals surface area contributed by atoms with E-state index in [-0.39, 0.29) is 12.5 Å². The number of thiazole rings is 1. The van der Waals surface area contributed by atoms with Crippen LogP contribution in [0.2, 0.25) is 5.02 Å². The van der Waals surface area contributed by atoms with Crippen LogP contribution in [0, 0.1) is 0 Å². The number of hydrogen-bond acceptors (Lipinski definition) is 5. The number of carbonyl (C=O) groups is 1. The highest BCUT2D eigenvalue weighted by Crippen LogP contribution is 2.29. The fourth-order valence-electron chi connectivity index (χ4n) is 1.77. The van der Waals surface area contributed by atoms with Crippen molar-refractivity contribution >= 4 is 28.8 Å². The van der Waals surface area contributed by atoms with E-state index in [0.717, 1.165) is 10.6 Å². The minimum absolute atomic E-state index is 0.00993. The van der Waals surface area contributed by atoms with E-state index in [4.69, 9.17) is 21.4 Å². The van der Waals surface area contributed by atoms with E-state index in [1.165, 1.54) is 11.3 Å². The number of nitrogens with zero attached hydrogens (tertiary/aromatic N) is 1. The van der Waals surface area contributed by atoms with Gasteiger partial charge >= 0.3 is 0 Å². The first kappa shape index (κ1) is 16.9. The van der Waals surface area contributed by atoms with Crippen LogP contribution in [0.4, 0.5) is 0 Å². The Balaban J connectivity index is 1.86. The molecular formula is C15H17ClN2O3S. The summed E-state index contributed by atoms with van der Waals surface area (Å²) in [5, 5.41) is 14.4. The Morgan fingerprint density at radius 1 is 1.36 bits per heavy atom. The number of nitrogens with one attached hydrogen (secondary N) is 1. The maximum Gasteiger partial charge on any atom is 0.270 e. The predicted octanol–water partition coefficient (Wildman–Crippen LogP) is 2.59. The van der Waals surface area contributed by atoms with Crippen molar-refractivity contribution in [1.82, 2.24) is 10.3 Å². The molecule has 1 aromatic carbocycles. The van der Waals surface area contributed by atoms with Gasteiger partial charge in [-0.25, -0.2) is 4.98 Å². The van der Waals surface area contributed by atoms with E-state index >= 15 is 0 Å². The maximum absolute atomic E-state index is 12.0. The molecule has 0 saturated heterocycles. The van der Waals surface area contributed by atoms with E-state index in [0.29, 0.717) is 36.9 Å². The molecule has 0 fully saturated rings. The molecule has 5 nitrogen and oxygen atoms in total. The Kier molecular flexibility index (Phi) is 6.79. The number of benzene rings is 1. The van der Waals surface area contributed by atoms with Crippen LogP contribution in [-0.4, -0.2) is 42.4 Å². The average molecular weight is 341 g/mol. The molecule has 0 spiro atoms. The van der Waals surface area contributed by atoms with Gasteiger partial charge in [-0.1, -0.05) is 29.8 Å². The predicted molar refractivity (Wildman–Crippen MR) is 87.4 cm³/mol. The van der Waals surface area contributed by atoms with Crippen LogP contribution in [0.1, 0.15) is 16.9 Å². The van der Waals surface area contributed by atoms with Crippen LogP contribution < -0.4 is 5.32 Å². The molecule has 1 heterocycles. The molecule has 2 N–H and O–H groups in total. The van der Waals surface area contributed by atoms with E-state index in [2.05, 4.69) is 10.3 Å². The molecule has 0 unspecified atom stereocenters. The third kappa shape index (κ3) is 4.78. The number of aliphatic hydroxyl groups excluding tert-OH is 1. The van der Waals surface area contributed by atoms with Gasteiger partial charge in [-0.3, -0.25) is 4.79 Å². The molecule has 0 bridgehead atoms. The summed E-state index contributed by atoms with van der Waals surface area (Å²) in [7, 11) is 0. The highest BCUT2D eigenvalue weighted by atomic mass is 35.5. The zero-order chi connectivity index (χ0) is 15.8. The molecule has 2 rings (SSSR count). The standard InChI is InChI=1S/C15H17ClN2O3S/c16-12-5-2-1-4-11(12)15-18-13(10-22-15)14(20)17-6-3-8-21-9-7-19/h1-2,4-5,10,19H,3,6-9H2,(H,17,20). The number of carbonyl (C=O) groups excluding carboxylic acids is 1. The number of amides is 1. The van der Waals surface area contributed by atoms with Gasteiger partial charge in [-0.15, -0.1) is 11.3 Å². The summed E-state index contributed by atoms with van der Waals surface area (Å²) in [6, 6.07) is 7.41. The van der Waals surface area contributed by atoms with Crippen molar-refractivity contribution in [2.24, 2.45) is 0 Å². The van der Waals surface area contributed by atoms with Crippen LogP contribution >= 0.6 is 22.9 Å². The Morgan fingerprint density at radius 3 is 2.95 bits per heavy atom. The van der Waals surface area contributed by atoms with Gasteiger partial charge in [0.2, 0.25) is 0 Å². The van der Waals surface area contributed by atoms with Crippen molar-refractivity contribution in [2.45, 2.75) is 6.42 Å². The van der Waals surface area contributed by atoms with Gasteiger partial charge in [0.05, 0.1) is 18.2 Å². The van der Waals surface area contributed by atoms with Crippen molar-refractivity contribution in [2.75, 3.05) is 26.4 Å². The summed E-state index contributed by atoms with van der Waals surface area (Å²) in [6.45, 7) is 1.34. The van der Waals surface area contributed by atoms with Crippen LogP contribution in [0.3, 0.4) is 0 Å². The first-order chi connectivity index (χ1) is 10.7.